The Kier molecular flexibility index (Phi) is 5.52. The number of hydrogen-bond donors (Lipinski definition) is 2. The zero-order chi connectivity index (χ0) is 23.0. The van der Waals surface area contributed by atoms with Crippen molar-refractivity contribution in [3.63, 3.8) is 0 Å². The zero-order valence-corrected chi connectivity index (χ0v) is 19.0. The van der Waals surface area contributed by atoms with Crippen LogP contribution < -0.4 is 19.5 Å². The molecule has 2 bridgehead atoms. The summed E-state index contributed by atoms with van der Waals surface area (Å²) in [6.07, 6.45) is 7.19. The van der Waals surface area contributed by atoms with Crippen LogP contribution in [0.5, 0.6) is 17.2 Å². The van der Waals surface area contributed by atoms with Crippen LogP contribution in [0.15, 0.2) is 59.9 Å². The maximum Gasteiger partial charge on any atom is 0.254 e. The van der Waals surface area contributed by atoms with Crippen LogP contribution >= 0.6 is 0 Å². The molecule has 172 valence electrons. The van der Waals surface area contributed by atoms with Gasteiger partial charge >= 0.3 is 0 Å². The molecule has 3 aliphatic rings. The van der Waals surface area contributed by atoms with E-state index in [9.17, 15) is 9.90 Å². The fourth-order valence-electron chi connectivity index (χ4n) is 5.52. The lowest BCUT2D eigenvalue weighted by atomic mass is 9.64. The molecular weight excluding hydrogens is 418 g/mol. The van der Waals surface area contributed by atoms with E-state index in [1.165, 1.54) is 0 Å². The molecule has 6 heteroatoms. The van der Waals surface area contributed by atoms with Crippen molar-refractivity contribution in [3.8, 4) is 17.2 Å². The van der Waals surface area contributed by atoms with E-state index in [-0.39, 0.29) is 23.5 Å². The second kappa shape index (κ2) is 8.50. The van der Waals surface area contributed by atoms with Crippen LogP contribution in [0.25, 0.3) is 6.08 Å². The van der Waals surface area contributed by atoms with Crippen LogP contribution in [0.4, 0.5) is 0 Å². The first kappa shape index (κ1) is 21.4. The van der Waals surface area contributed by atoms with Crippen LogP contribution in [0.1, 0.15) is 49.7 Å². The number of rotatable bonds is 5. The number of para-hydroxylation sites is 1. The summed E-state index contributed by atoms with van der Waals surface area (Å²) in [5.41, 5.74) is 1.51. The summed E-state index contributed by atoms with van der Waals surface area (Å²) in [4.78, 5) is 13.3. The summed E-state index contributed by atoms with van der Waals surface area (Å²) in [6.45, 7) is 2.46. The molecule has 2 aromatic carbocycles. The van der Waals surface area contributed by atoms with Gasteiger partial charge in [0.15, 0.2) is 17.2 Å². The minimum atomic E-state index is -0.690. The van der Waals surface area contributed by atoms with Crippen LogP contribution in [0.2, 0.25) is 0 Å². The minimum absolute atomic E-state index is 0.0266. The van der Waals surface area contributed by atoms with E-state index in [0.717, 1.165) is 42.6 Å². The van der Waals surface area contributed by atoms with Crippen LogP contribution in [-0.2, 0) is 4.79 Å². The van der Waals surface area contributed by atoms with Crippen molar-refractivity contribution in [3.05, 3.63) is 71.0 Å². The largest absolute Gasteiger partial charge is 0.507 e. The summed E-state index contributed by atoms with van der Waals surface area (Å²) in [7, 11) is 1.59. The average molecular weight is 448 g/mol. The number of nitrogens with one attached hydrogen (secondary N) is 1. The van der Waals surface area contributed by atoms with Gasteiger partial charge in [-0.25, -0.2) is 0 Å². The van der Waals surface area contributed by atoms with Gasteiger partial charge in [-0.15, -0.1) is 0 Å². The number of hydrogen-bond acceptors (Lipinski definition) is 5. The zero-order valence-electron chi connectivity index (χ0n) is 19.0. The van der Waals surface area contributed by atoms with Gasteiger partial charge in [-0.05, 0) is 49.6 Å². The van der Waals surface area contributed by atoms with Gasteiger partial charge in [-0.2, -0.15) is 0 Å². The van der Waals surface area contributed by atoms with Crippen molar-refractivity contribution in [2.45, 2.75) is 44.2 Å². The molecule has 0 aromatic heterocycles. The third kappa shape index (κ3) is 3.63. The Morgan fingerprint density at radius 2 is 2.09 bits per heavy atom. The maximum absolute atomic E-state index is 13.3. The van der Waals surface area contributed by atoms with Gasteiger partial charge in [0, 0.05) is 23.8 Å². The minimum Gasteiger partial charge on any atom is -0.507 e. The van der Waals surface area contributed by atoms with E-state index in [1.54, 1.807) is 19.3 Å². The van der Waals surface area contributed by atoms with Crippen LogP contribution in [0, 0.1) is 5.92 Å². The molecule has 1 saturated heterocycles. The predicted molar refractivity (Wildman–Crippen MR) is 125 cm³/mol. The topological polar surface area (TPSA) is 77.0 Å². The van der Waals surface area contributed by atoms with Crippen molar-refractivity contribution < 1.29 is 24.1 Å². The molecule has 3 unspecified atom stereocenters. The Balaban J connectivity index is 1.54. The number of aliphatic hydroxyl groups excluding tert-OH is 1. The number of benzene rings is 2. The summed E-state index contributed by atoms with van der Waals surface area (Å²) in [5.74, 6) is 1.66. The van der Waals surface area contributed by atoms with Gasteiger partial charge in [0.2, 0.25) is 0 Å². The average Bonchev–Trinajstić information content (AvgIpc) is 2.82. The van der Waals surface area contributed by atoms with Gasteiger partial charge in [0.25, 0.3) is 5.91 Å². The lowest BCUT2D eigenvalue weighted by molar-refractivity contribution is -0.140. The lowest BCUT2D eigenvalue weighted by Crippen LogP contribution is -2.66. The molecule has 6 nitrogen and oxygen atoms in total. The quantitative estimate of drug-likeness (QED) is 0.492. The molecule has 1 amide bonds. The summed E-state index contributed by atoms with van der Waals surface area (Å²) in [5, 5.41) is 14.3. The molecule has 2 aromatic rings. The number of amides is 1. The monoisotopic (exact) mass is 447 g/mol. The molecule has 3 atom stereocenters. The third-order valence-corrected chi connectivity index (χ3v) is 6.94. The predicted octanol–water partition coefficient (Wildman–Crippen LogP) is 5.11. The summed E-state index contributed by atoms with van der Waals surface area (Å²) in [6, 6.07) is 13.4. The van der Waals surface area contributed by atoms with Gasteiger partial charge in [-0.1, -0.05) is 36.8 Å². The van der Waals surface area contributed by atoms with Gasteiger partial charge in [-0.3, -0.25) is 4.79 Å². The molecule has 0 spiro atoms. The Bertz CT molecular complexity index is 1140. The SMILES string of the molecule is CCOc1ccc(C=CC(O)=C2C(=O)NC34CCCCC3C2c2ccccc2O4)cc1OC. The lowest BCUT2D eigenvalue weighted by Gasteiger charge is -2.54. The van der Waals surface area contributed by atoms with Gasteiger partial charge in [0.1, 0.15) is 11.5 Å². The number of methoxy groups -OCH3 is 1. The molecule has 2 aliphatic heterocycles. The van der Waals surface area contributed by atoms with E-state index in [4.69, 9.17) is 14.2 Å². The molecule has 2 heterocycles. The Labute approximate surface area is 193 Å². The second-order valence-electron chi connectivity index (χ2n) is 8.79. The van der Waals surface area contributed by atoms with Crippen molar-refractivity contribution >= 4 is 12.0 Å². The fourth-order valence-corrected chi connectivity index (χ4v) is 5.52. The first-order valence-electron chi connectivity index (χ1n) is 11.6. The first-order valence-corrected chi connectivity index (χ1v) is 11.6. The molecule has 1 aliphatic carbocycles. The molecule has 0 radical (unpaired) electrons. The number of aliphatic hydroxyl groups is 1. The van der Waals surface area contributed by atoms with Crippen molar-refractivity contribution in [2.75, 3.05) is 13.7 Å². The van der Waals surface area contributed by atoms with Crippen molar-refractivity contribution in [2.24, 2.45) is 5.92 Å². The smallest absolute Gasteiger partial charge is 0.254 e. The van der Waals surface area contributed by atoms with E-state index >= 15 is 0 Å². The van der Waals surface area contributed by atoms with Crippen molar-refractivity contribution in [1.82, 2.24) is 5.32 Å². The molecule has 5 rings (SSSR count). The van der Waals surface area contributed by atoms with Crippen LogP contribution in [0.3, 0.4) is 0 Å². The highest BCUT2D eigenvalue weighted by molar-refractivity contribution is 5.98. The number of ether oxygens (including phenoxy) is 3. The normalized spacial score (nSPS) is 27.2. The molecule has 1 saturated carbocycles. The van der Waals surface area contributed by atoms with E-state index < -0.39 is 5.72 Å². The number of carbonyl (C=O) groups is 1. The number of fused-ring (bicyclic) bond motifs is 2. The molecule has 2 fully saturated rings. The number of carbonyl (C=O) groups excluding carboxylic acids is 1. The third-order valence-electron chi connectivity index (χ3n) is 6.94. The Morgan fingerprint density at radius 3 is 2.91 bits per heavy atom. The first-order chi connectivity index (χ1) is 16.1. The van der Waals surface area contributed by atoms with Crippen LogP contribution in [-0.4, -0.2) is 30.5 Å². The van der Waals surface area contributed by atoms with E-state index in [2.05, 4.69) is 5.32 Å². The molecule has 33 heavy (non-hydrogen) atoms. The Morgan fingerprint density at radius 1 is 1.24 bits per heavy atom. The van der Waals surface area contributed by atoms with Crippen molar-refractivity contribution in [1.29, 1.82) is 0 Å². The fraction of sp³-hybridized carbons (Fsp3) is 0.370. The highest BCUT2D eigenvalue weighted by atomic mass is 16.5. The highest BCUT2D eigenvalue weighted by Gasteiger charge is 2.57. The van der Waals surface area contributed by atoms with Gasteiger partial charge < -0.3 is 24.6 Å². The second-order valence-corrected chi connectivity index (χ2v) is 8.79. The highest BCUT2D eigenvalue weighted by Crippen LogP contribution is 2.55. The van der Waals surface area contributed by atoms with E-state index in [1.807, 2.05) is 49.4 Å². The molecule has 2 N–H and O–H groups in total. The summed E-state index contributed by atoms with van der Waals surface area (Å²) < 4.78 is 17.4. The molecular formula is C27H29NO5. The Hall–Kier alpha value is -3.41. The number of allylic oxidation sites excluding steroid dienone is 1. The van der Waals surface area contributed by atoms with Gasteiger partial charge in [0.05, 0.1) is 19.3 Å². The summed E-state index contributed by atoms with van der Waals surface area (Å²) >= 11 is 0. The van der Waals surface area contributed by atoms with E-state index in [0.29, 0.717) is 23.7 Å². The number of piperidine rings is 1. The standard InChI is InChI=1S/C27H29NO5/c1-3-32-22-14-12-17(16-23(22)31-2)11-13-20(29)25-24-18-8-4-5-10-21(18)33-27(28-26(25)30)15-7-6-9-19(24)27/h4-5,8,10-14,16,19,24,29H,3,6-7,9,15H2,1-2H3,(H,28,30). The maximum atomic E-state index is 13.3.